The van der Waals surface area contributed by atoms with E-state index in [4.69, 9.17) is 4.74 Å². The summed E-state index contributed by atoms with van der Waals surface area (Å²) in [6.45, 7) is 4.63. The molecule has 1 saturated carbocycles. The van der Waals surface area contributed by atoms with Gasteiger partial charge in [0.2, 0.25) is 0 Å². The van der Waals surface area contributed by atoms with Crippen molar-refractivity contribution in [3.8, 4) is 0 Å². The van der Waals surface area contributed by atoms with E-state index in [-0.39, 0.29) is 0 Å². The average molecular weight is 209 g/mol. The van der Waals surface area contributed by atoms with E-state index in [1.54, 1.807) is 0 Å². The van der Waals surface area contributed by atoms with Crippen molar-refractivity contribution in [3.05, 3.63) is 0 Å². The fraction of sp³-hybridized carbons (Fsp3) is 1.00. The number of piperidine rings is 1. The Hall–Kier alpha value is -0.0800. The number of nitrogens with one attached hydrogen (secondary N) is 1. The molecule has 0 atom stereocenters. The topological polar surface area (TPSA) is 21.3 Å². The molecule has 0 amide bonds. The third-order valence-corrected chi connectivity index (χ3v) is 4.90. The highest BCUT2D eigenvalue weighted by Crippen LogP contribution is 2.51. The number of ether oxygens (including phenoxy) is 1. The predicted octanol–water partition coefficient (Wildman–Crippen LogP) is 2.19. The van der Waals surface area contributed by atoms with Crippen LogP contribution >= 0.6 is 0 Å². The zero-order valence-corrected chi connectivity index (χ0v) is 9.63. The lowest BCUT2D eigenvalue weighted by molar-refractivity contribution is -0.173. The van der Waals surface area contributed by atoms with Gasteiger partial charge >= 0.3 is 0 Å². The first-order valence-corrected chi connectivity index (χ1v) is 6.68. The summed E-state index contributed by atoms with van der Waals surface area (Å²) in [7, 11) is 0. The molecular weight excluding hydrogens is 186 g/mol. The van der Waals surface area contributed by atoms with Crippen molar-refractivity contribution in [3.63, 3.8) is 0 Å². The van der Waals surface area contributed by atoms with Gasteiger partial charge < -0.3 is 10.1 Å². The minimum absolute atomic E-state index is 0.625. The van der Waals surface area contributed by atoms with E-state index in [1.807, 2.05) is 0 Å². The average Bonchev–Trinajstić information content (AvgIpc) is 2.13. The lowest BCUT2D eigenvalue weighted by Crippen LogP contribution is -2.52. The molecule has 1 N–H and O–H groups in total. The molecule has 2 saturated heterocycles. The molecule has 3 rings (SSSR count). The highest BCUT2D eigenvalue weighted by Gasteiger charge is 2.48. The van der Waals surface area contributed by atoms with Crippen LogP contribution in [0.2, 0.25) is 0 Å². The fourth-order valence-electron chi connectivity index (χ4n) is 3.57. The molecule has 3 fully saturated rings. The van der Waals surface area contributed by atoms with Crippen molar-refractivity contribution >= 4 is 0 Å². The van der Waals surface area contributed by atoms with E-state index in [0.29, 0.717) is 5.41 Å². The minimum Gasteiger partial charge on any atom is -0.380 e. The van der Waals surface area contributed by atoms with Crippen LogP contribution in [0.15, 0.2) is 0 Å². The summed E-state index contributed by atoms with van der Waals surface area (Å²) in [5.74, 6) is 2.00. The van der Waals surface area contributed by atoms with Crippen molar-refractivity contribution in [1.29, 1.82) is 0 Å². The van der Waals surface area contributed by atoms with Crippen LogP contribution in [0.3, 0.4) is 0 Å². The van der Waals surface area contributed by atoms with Crippen LogP contribution < -0.4 is 5.32 Å². The maximum absolute atomic E-state index is 5.52. The summed E-state index contributed by atoms with van der Waals surface area (Å²) < 4.78 is 5.52. The summed E-state index contributed by atoms with van der Waals surface area (Å²) in [5, 5.41) is 3.46. The Balaban J connectivity index is 1.58. The van der Waals surface area contributed by atoms with Crippen LogP contribution in [0.25, 0.3) is 0 Å². The normalized spacial score (nSPS) is 32.0. The largest absolute Gasteiger partial charge is 0.380 e. The van der Waals surface area contributed by atoms with Gasteiger partial charge in [-0.25, -0.2) is 0 Å². The van der Waals surface area contributed by atoms with E-state index in [9.17, 15) is 0 Å². The van der Waals surface area contributed by atoms with Crippen molar-refractivity contribution in [2.24, 2.45) is 17.3 Å². The first-order chi connectivity index (χ1) is 7.39. The van der Waals surface area contributed by atoms with Gasteiger partial charge in [0.15, 0.2) is 0 Å². The molecule has 3 aliphatic rings. The van der Waals surface area contributed by atoms with Crippen LogP contribution in [0.5, 0.6) is 0 Å². The monoisotopic (exact) mass is 209 g/mol. The molecule has 0 radical (unpaired) electrons. The van der Waals surface area contributed by atoms with E-state index in [1.165, 1.54) is 51.6 Å². The fourth-order valence-corrected chi connectivity index (χ4v) is 3.57. The second-order valence-electron chi connectivity index (χ2n) is 5.88. The third kappa shape index (κ3) is 1.83. The molecular formula is C13H23NO. The Morgan fingerprint density at radius 1 is 1.07 bits per heavy atom. The molecule has 2 nitrogen and oxygen atoms in total. The SMILES string of the molecule is C1CC(C2(CC3CCNCC3)COC2)C1. The first-order valence-electron chi connectivity index (χ1n) is 6.68. The molecule has 2 heteroatoms. The highest BCUT2D eigenvalue weighted by molar-refractivity contribution is 4.97. The van der Waals surface area contributed by atoms with E-state index >= 15 is 0 Å². The van der Waals surface area contributed by atoms with E-state index in [2.05, 4.69) is 5.32 Å². The number of rotatable bonds is 3. The lowest BCUT2D eigenvalue weighted by Gasteiger charge is -2.52. The van der Waals surface area contributed by atoms with Gasteiger partial charge in [0, 0.05) is 5.41 Å². The van der Waals surface area contributed by atoms with Crippen LogP contribution in [-0.2, 0) is 4.74 Å². The van der Waals surface area contributed by atoms with Crippen molar-refractivity contribution in [2.45, 2.75) is 38.5 Å². The van der Waals surface area contributed by atoms with Crippen LogP contribution in [0, 0.1) is 17.3 Å². The molecule has 0 aromatic carbocycles. The summed E-state index contributed by atoms with van der Waals surface area (Å²) in [6.07, 6.45) is 8.68. The van der Waals surface area contributed by atoms with E-state index < -0.39 is 0 Å². The summed E-state index contributed by atoms with van der Waals surface area (Å²) in [4.78, 5) is 0. The molecule has 0 spiro atoms. The van der Waals surface area contributed by atoms with Crippen molar-refractivity contribution in [2.75, 3.05) is 26.3 Å². The smallest absolute Gasteiger partial charge is 0.0547 e. The third-order valence-electron chi connectivity index (χ3n) is 4.90. The van der Waals surface area contributed by atoms with Crippen molar-refractivity contribution in [1.82, 2.24) is 5.32 Å². The minimum atomic E-state index is 0.625. The molecule has 0 aromatic heterocycles. The van der Waals surface area contributed by atoms with Gasteiger partial charge in [-0.2, -0.15) is 0 Å². The maximum Gasteiger partial charge on any atom is 0.0547 e. The first kappa shape index (κ1) is 10.1. The molecule has 86 valence electrons. The Bertz CT molecular complexity index is 215. The van der Waals surface area contributed by atoms with Gasteiger partial charge in [0.1, 0.15) is 0 Å². The summed E-state index contributed by atoms with van der Waals surface area (Å²) in [6, 6.07) is 0. The maximum atomic E-state index is 5.52. The molecule has 15 heavy (non-hydrogen) atoms. The zero-order valence-electron chi connectivity index (χ0n) is 9.63. The van der Waals surface area contributed by atoms with Crippen LogP contribution in [0.1, 0.15) is 38.5 Å². The number of hydrogen-bond donors (Lipinski definition) is 1. The predicted molar refractivity (Wildman–Crippen MR) is 60.8 cm³/mol. The van der Waals surface area contributed by atoms with Gasteiger partial charge in [0.25, 0.3) is 0 Å². The zero-order chi connectivity index (χ0) is 10.1. The Morgan fingerprint density at radius 3 is 2.27 bits per heavy atom. The standard InChI is InChI=1S/C13H23NO/c1-2-12(3-1)13(9-15-10-13)8-11-4-6-14-7-5-11/h11-12,14H,1-10H2. The lowest BCUT2D eigenvalue weighted by atomic mass is 9.60. The van der Waals surface area contributed by atoms with Gasteiger partial charge in [0.05, 0.1) is 13.2 Å². The highest BCUT2D eigenvalue weighted by atomic mass is 16.5. The molecule has 2 heterocycles. The number of hydrogen-bond acceptors (Lipinski definition) is 2. The van der Waals surface area contributed by atoms with Crippen LogP contribution in [0.4, 0.5) is 0 Å². The summed E-state index contributed by atoms with van der Waals surface area (Å²) in [5.41, 5.74) is 0.625. The quantitative estimate of drug-likeness (QED) is 0.769. The van der Waals surface area contributed by atoms with Gasteiger partial charge in [-0.1, -0.05) is 6.42 Å². The van der Waals surface area contributed by atoms with Gasteiger partial charge in [-0.3, -0.25) is 0 Å². The van der Waals surface area contributed by atoms with Crippen molar-refractivity contribution < 1.29 is 4.74 Å². The molecule has 1 aliphatic carbocycles. The molecule has 0 unspecified atom stereocenters. The summed E-state index contributed by atoms with van der Waals surface area (Å²) >= 11 is 0. The van der Waals surface area contributed by atoms with Gasteiger partial charge in [-0.05, 0) is 57.0 Å². The molecule has 2 aliphatic heterocycles. The second-order valence-corrected chi connectivity index (χ2v) is 5.88. The van der Waals surface area contributed by atoms with Gasteiger partial charge in [-0.15, -0.1) is 0 Å². The van der Waals surface area contributed by atoms with Crippen LogP contribution in [-0.4, -0.2) is 26.3 Å². The van der Waals surface area contributed by atoms with E-state index in [0.717, 1.165) is 25.0 Å². The Morgan fingerprint density at radius 2 is 1.80 bits per heavy atom. The Kier molecular flexibility index (Phi) is 2.73. The molecule has 0 bridgehead atoms. The Labute approximate surface area is 92.8 Å². The second kappa shape index (κ2) is 4.06. The molecule has 0 aromatic rings.